The van der Waals surface area contributed by atoms with Crippen LogP contribution in [0.3, 0.4) is 0 Å². The molecule has 0 aliphatic carbocycles. The van der Waals surface area contributed by atoms with Gasteiger partial charge >= 0.3 is 0 Å². The molecule has 0 aliphatic heterocycles. The number of hydrogen-bond acceptors (Lipinski definition) is 5. The van der Waals surface area contributed by atoms with Crippen LogP contribution in [0.4, 0.5) is 5.13 Å². The van der Waals surface area contributed by atoms with E-state index < -0.39 is 6.04 Å². The van der Waals surface area contributed by atoms with Crippen molar-refractivity contribution in [3.05, 3.63) is 40.4 Å². The summed E-state index contributed by atoms with van der Waals surface area (Å²) in [5.74, 6) is -0.459. The number of aromatic nitrogens is 2. The molecule has 1 aromatic carbocycles. The number of rotatable bonds is 5. The molecule has 1 atom stereocenters. The molecule has 2 rings (SSSR count). The maximum atomic E-state index is 12.0. The molecule has 0 saturated heterocycles. The first kappa shape index (κ1) is 15.4. The molecule has 0 radical (unpaired) electrons. The number of carbonyl (C=O) groups is 2. The maximum absolute atomic E-state index is 12.0. The predicted molar refractivity (Wildman–Crippen MR) is 81.2 cm³/mol. The third-order valence-corrected chi connectivity index (χ3v) is 3.50. The highest BCUT2D eigenvalue weighted by Gasteiger charge is 2.17. The van der Waals surface area contributed by atoms with Gasteiger partial charge in [0.1, 0.15) is 5.51 Å². The lowest BCUT2D eigenvalue weighted by molar-refractivity contribution is -0.120. The standard InChI is InChI=1S/C13H13ClN4O2S/c1-8(19)16-11(9-2-4-10(14)5-3-9)6-12(20)17-13-18-15-7-21-13/h2-5,7,11H,6H2,1H3,(H,16,19)(H,17,18,20)/t11-/m0/s1. The van der Waals surface area contributed by atoms with Gasteiger partial charge in [-0.2, -0.15) is 0 Å². The minimum atomic E-state index is -0.423. The van der Waals surface area contributed by atoms with E-state index in [4.69, 9.17) is 11.6 Å². The lowest BCUT2D eigenvalue weighted by Crippen LogP contribution is -2.29. The van der Waals surface area contributed by atoms with Crippen LogP contribution in [-0.2, 0) is 9.59 Å². The first-order valence-electron chi connectivity index (χ1n) is 6.13. The molecule has 110 valence electrons. The Balaban J connectivity index is 2.07. The molecule has 1 heterocycles. The second kappa shape index (κ2) is 7.14. The second-order valence-electron chi connectivity index (χ2n) is 4.30. The van der Waals surface area contributed by atoms with Gasteiger partial charge in [-0.25, -0.2) is 0 Å². The third kappa shape index (κ3) is 4.80. The van der Waals surface area contributed by atoms with Gasteiger partial charge in [0.15, 0.2) is 0 Å². The largest absolute Gasteiger partial charge is 0.349 e. The van der Waals surface area contributed by atoms with Crippen molar-refractivity contribution in [2.45, 2.75) is 19.4 Å². The van der Waals surface area contributed by atoms with E-state index in [0.29, 0.717) is 10.2 Å². The molecule has 0 spiro atoms. The molecule has 2 aromatic rings. The van der Waals surface area contributed by atoms with Crippen molar-refractivity contribution >= 4 is 39.9 Å². The summed E-state index contributed by atoms with van der Waals surface area (Å²) in [5, 5.41) is 13.8. The first-order valence-corrected chi connectivity index (χ1v) is 7.39. The summed E-state index contributed by atoms with van der Waals surface area (Å²) in [6, 6.07) is 6.57. The number of anilines is 1. The van der Waals surface area contributed by atoms with Crippen LogP contribution in [0.25, 0.3) is 0 Å². The van der Waals surface area contributed by atoms with Crippen molar-refractivity contribution in [1.82, 2.24) is 15.5 Å². The topological polar surface area (TPSA) is 84.0 Å². The van der Waals surface area contributed by atoms with Crippen LogP contribution in [0, 0.1) is 0 Å². The van der Waals surface area contributed by atoms with Gasteiger partial charge in [0.25, 0.3) is 0 Å². The van der Waals surface area contributed by atoms with Crippen molar-refractivity contribution in [2.24, 2.45) is 0 Å². The number of nitrogens with zero attached hydrogens (tertiary/aromatic N) is 2. The Morgan fingerprint density at radius 2 is 2.05 bits per heavy atom. The molecule has 2 N–H and O–H groups in total. The van der Waals surface area contributed by atoms with Gasteiger partial charge in [-0.3, -0.25) is 9.59 Å². The van der Waals surface area contributed by atoms with Crippen molar-refractivity contribution in [3.8, 4) is 0 Å². The molecule has 6 nitrogen and oxygen atoms in total. The molecule has 8 heteroatoms. The van der Waals surface area contributed by atoms with Crippen LogP contribution in [0.5, 0.6) is 0 Å². The maximum Gasteiger partial charge on any atom is 0.228 e. The van der Waals surface area contributed by atoms with Gasteiger partial charge in [-0.05, 0) is 17.7 Å². The van der Waals surface area contributed by atoms with Gasteiger partial charge in [0, 0.05) is 11.9 Å². The Morgan fingerprint density at radius 1 is 1.33 bits per heavy atom. The molecule has 1 aromatic heterocycles. The van der Waals surface area contributed by atoms with Gasteiger partial charge in [0.2, 0.25) is 16.9 Å². The first-order chi connectivity index (χ1) is 10.0. The SMILES string of the molecule is CC(=O)N[C@@H](CC(=O)Nc1nncs1)c1ccc(Cl)cc1. The Kier molecular flexibility index (Phi) is 5.24. The number of amides is 2. The van der Waals surface area contributed by atoms with E-state index in [0.717, 1.165) is 5.56 Å². The summed E-state index contributed by atoms with van der Waals surface area (Å²) in [7, 11) is 0. The summed E-state index contributed by atoms with van der Waals surface area (Å²) in [6.07, 6.45) is 0.0980. The molecule has 0 fully saturated rings. The van der Waals surface area contributed by atoms with Crippen molar-refractivity contribution < 1.29 is 9.59 Å². The smallest absolute Gasteiger partial charge is 0.228 e. The van der Waals surface area contributed by atoms with E-state index in [9.17, 15) is 9.59 Å². The zero-order chi connectivity index (χ0) is 15.2. The van der Waals surface area contributed by atoms with E-state index in [1.807, 2.05) is 0 Å². The van der Waals surface area contributed by atoms with Gasteiger partial charge < -0.3 is 10.6 Å². The van der Waals surface area contributed by atoms with E-state index in [2.05, 4.69) is 20.8 Å². The fraction of sp³-hybridized carbons (Fsp3) is 0.231. The number of hydrogen-bond donors (Lipinski definition) is 2. The van der Waals surface area contributed by atoms with Crippen LogP contribution < -0.4 is 10.6 Å². The predicted octanol–water partition coefficient (Wildman–Crippen LogP) is 2.40. The summed E-state index contributed by atoms with van der Waals surface area (Å²) >= 11 is 7.07. The fourth-order valence-electron chi connectivity index (χ4n) is 1.78. The highest BCUT2D eigenvalue weighted by Crippen LogP contribution is 2.20. The highest BCUT2D eigenvalue weighted by molar-refractivity contribution is 7.13. The number of carbonyl (C=O) groups excluding carboxylic acids is 2. The zero-order valence-corrected chi connectivity index (χ0v) is 12.7. The van der Waals surface area contributed by atoms with Crippen LogP contribution >= 0.6 is 22.9 Å². The monoisotopic (exact) mass is 324 g/mol. The lowest BCUT2D eigenvalue weighted by Gasteiger charge is -2.17. The minimum absolute atomic E-state index is 0.0980. The van der Waals surface area contributed by atoms with E-state index in [-0.39, 0.29) is 18.2 Å². The Bertz CT molecular complexity index is 616. The van der Waals surface area contributed by atoms with Gasteiger partial charge in [-0.1, -0.05) is 35.1 Å². The van der Waals surface area contributed by atoms with E-state index in [1.165, 1.54) is 23.8 Å². The highest BCUT2D eigenvalue weighted by atomic mass is 35.5. The van der Waals surface area contributed by atoms with Crippen molar-refractivity contribution in [3.63, 3.8) is 0 Å². The molecule has 0 saturated carbocycles. The van der Waals surface area contributed by atoms with Crippen LogP contribution in [0.15, 0.2) is 29.8 Å². The molecule has 21 heavy (non-hydrogen) atoms. The molecule has 0 unspecified atom stereocenters. The Hall–Kier alpha value is -1.99. The summed E-state index contributed by atoms with van der Waals surface area (Å²) < 4.78 is 0. The average molecular weight is 325 g/mol. The fourth-order valence-corrected chi connectivity index (χ4v) is 2.36. The van der Waals surface area contributed by atoms with E-state index >= 15 is 0 Å². The number of nitrogens with one attached hydrogen (secondary N) is 2. The van der Waals surface area contributed by atoms with Gasteiger partial charge in [0.05, 0.1) is 12.5 Å². The Morgan fingerprint density at radius 3 is 2.62 bits per heavy atom. The van der Waals surface area contributed by atoms with Crippen molar-refractivity contribution in [1.29, 1.82) is 0 Å². The normalized spacial score (nSPS) is 11.7. The van der Waals surface area contributed by atoms with E-state index in [1.54, 1.807) is 24.3 Å². The summed E-state index contributed by atoms with van der Waals surface area (Å²) in [5.41, 5.74) is 2.34. The third-order valence-electron chi connectivity index (χ3n) is 2.65. The molecule has 0 bridgehead atoms. The molecular formula is C13H13ClN4O2S. The summed E-state index contributed by atoms with van der Waals surface area (Å²) in [6.45, 7) is 1.41. The zero-order valence-electron chi connectivity index (χ0n) is 11.2. The van der Waals surface area contributed by atoms with Crippen LogP contribution in [0.1, 0.15) is 24.9 Å². The average Bonchev–Trinajstić information content (AvgIpc) is 2.91. The van der Waals surface area contributed by atoms with Gasteiger partial charge in [-0.15, -0.1) is 10.2 Å². The Labute approximate surface area is 130 Å². The molecule has 0 aliphatic rings. The lowest BCUT2D eigenvalue weighted by atomic mass is 10.0. The molecular weight excluding hydrogens is 312 g/mol. The number of halogens is 1. The minimum Gasteiger partial charge on any atom is -0.349 e. The number of benzene rings is 1. The summed E-state index contributed by atoms with van der Waals surface area (Å²) in [4.78, 5) is 23.3. The quantitative estimate of drug-likeness (QED) is 0.884. The van der Waals surface area contributed by atoms with Crippen molar-refractivity contribution in [2.75, 3.05) is 5.32 Å². The second-order valence-corrected chi connectivity index (χ2v) is 5.57. The van der Waals surface area contributed by atoms with Crippen LogP contribution in [-0.4, -0.2) is 22.0 Å². The molecule has 2 amide bonds. The van der Waals surface area contributed by atoms with Crippen LogP contribution in [0.2, 0.25) is 5.02 Å².